The van der Waals surface area contributed by atoms with Crippen LogP contribution in [0.3, 0.4) is 0 Å². The van der Waals surface area contributed by atoms with E-state index in [4.69, 9.17) is 0 Å². The molecule has 0 radical (unpaired) electrons. The van der Waals surface area contributed by atoms with Crippen molar-refractivity contribution in [2.45, 2.75) is 25.1 Å². The van der Waals surface area contributed by atoms with Crippen molar-refractivity contribution < 1.29 is 22.4 Å². The molecular formula is C14H16F4N2O. The topological polar surface area (TPSA) is 32.3 Å². The third-order valence-electron chi connectivity index (χ3n) is 3.59. The number of amides is 1. The van der Waals surface area contributed by atoms with Gasteiger partial charge in [0, 0.05) is 24.7 Å². The minimum absolute atomic E-state index is 0.110. The van der Waals surface area contributed by atoms with E-state index in [0.29, 0.717) is 25.2 Å². The summed E-state index contributed by atoms with van der Waals surface area (Å²) in [5, 5.41) is 3.04. The molecule has 0 aliphatic carbocycles. The molecule has 1 aromatic carbocycles. The Morgan fingerprint density at radius 3 is 2.67 bits per heavy atom. The Hall–Kier alpha value is -1.63. The van der Waals surface area contributed by atoms with Crippen LogP contribution in [0.25, 0.3) is 0 Å². The van der Waals surface area contributed by atoms with E-state index < -0.39 is 23.5 Å². The Morgan fingerprint density at radius 2 is 2.05 bits per heavy atom. The molecule has 1 fully saturated rings. The SMILES string of the molecule is CNC1CCCN(C(=O)c2cc(F)cc(C(F)(F)F)c2)C1. The van der Waals surface area contributed by atoms with Crippen molar-refractivity contribution in [3.8, 4) is 0 Å². The monoisotopic (exact) mass is 304 g/mol. The zero-order chi connectivity index (χ0) is 15.6. The molecule has 0 spiro atoms. The van der Waals surface area contributed by atoms with E-state index in [0.717, 1.165) is 18.9 Å². The third kappa shape index (κ3) is 3.72. The predicted molar refractivity (Wildman–Crippen MR) is 69.4 cm³/mol. The molecule has 21 heavy (non-hydrogen) atoms. The van der Waals surface area contributed by atoms with Crippen LogP contribution in [0.4, 0.5) is 17.6 Å². The van der Waals surface area contributed by atoms with E-state index in [1.807, 2.05) is 0 Å². The summed E-state index contributed by atoms with van der Waals surface area (Å²) in [7, 11) is 1.77. The first-order chi connectivity index (χ1) is 9.81. The Balaban J connectivity index is 2.25. The highest BCUT2D eigenvalue weighted by Crippen LogP contribution is 2.30. The van der Waals surface area contributed by atoms with Gasteiger partial charge < -0.3 is 10.2 Å². The number of benzene rings is 1. The lowest BCUT2D eigenvalue weighted by atomic mass is 10.0. The van der Waals surface area contributed by atoms with Crippen molar-refractivity contribution in [1.82, 2.24) is 10.2 Å². The number of halogens is 4. The van der Waals surface area contributed by atoms with E-state index in [1.165, 1.54) is 4.90 Å². The van der Waals surface area contributed by atoms with E-state index >= 15 is 0 Å². The Bertz CT molecular complexity index is 530. The molecule has 1 aliphatic heterocycles. The number of likely N-dealkylation sites (tertiary alicyclic amines) is 1. The average molecular weight is 304 g/mol. The first-order valence-corrected chi connectivity index (χ1v) is 6.65. The standard InChI is InChI=1S/C14H16F4N2O/c1-19-12-3-2-4-20(8-12)13(21)9-5-10(14(16,17)18)7-11(15)6-9/h5-7,12,19H,2-4,8H2,1H3. The lowest BCUT2D eigenvalue weighted by molar-refractivity contribution is -0.137. The third-order valence-corrected chi connectivity index (χ3v) is 3.59. The molecule has 1 unspecified atom stereocenters. The number of carbonyl (C=O) groups excluding carboxylic acids is 1. The number of likely N-dealkylation sites (N-methyl/N-ethyl adjacent to an activating group) is 1. The molecule has 1 N–H and O–H groups in total. The normalized spacial score (nSPS) is 19.7. The van der Waals surface area contributed by atoms with Crippen LogP contribution < -0.4 is 5.32 Å². The van der Waals surface area contributed by atoms with Gasteiger partial charge in [0.05, 0.1) is 5.56 Å². The largest absolute Gasteiger partial charge is 0.416 e. The Kier molecular flexibility index (Phi) is 4.51. The summed E-state index contributed by atoms with van der Waals surface area (Å²) in [4.78, 5) is 13.7. The summed E-state index contributed by atoms with van der Waals surface area (Å²) in [6, 6.07) is 2.05. The first kappa shape index (κ1) is 15.8. The maximum Gasteiger partial charge on any atom is 0.416 e. The van der Waals surface area contributed by atoms with Crippen LogP contribution in [-0.2, 0) is 6.18 Å². The number of hydrogen-bond acceptors (Lipinski definition) is 2. The fourth-order valence-electron chi connectivity index (χ4n) is 2.46. The maximum absolute atomic E-state index is 13.3. The molecule has 2 rings (SSSR count). The number of rotatable bonds is 2. The molecule has 3 nitrogen and oxygen atoms in total. The summed E-state index contributed by atoms with van der Waals surface area (Å²) in [6.07, 6.45) is -3.01. The smallest absolute Gasteiger partial charge is 0.337 e. The van der Waals surface area contributed by atoms with Crippen molar-refractivity contribution >= 4 is 5.91 Å². The number of alkyl halides is 3. The molecular weight excluding hydrogens is 288 g/mol. The Labute approximate surface area is 119 Å². The van der Waals surface area contributed by atoms with Crippen LogP contribution >= 0.6 is 0 Å². The first-order valence-electron chi connectivity index (χ1n) is 6.65. The van der Waals surface area contributed by atoms with Crippen LogP contribution in [0.2, 0.25) is 0 Å². The van der Waals surface area contributed by atoms with Crippen LogP contribution in [0.1, 0.15) is 28.8 Å². The van der Waals surface area contributed by atoms with Gasteiger partial charge >= 0.3 is 6.18 Å². The second-order valence-electron chi connectivity index (χ2n) is 5.11. The van der Waals surface area contributed by atoms with Gasteiger partial charge in [-0.3, -0.25) is 4.79 Å². The average Bonchev–Trinajstić information content (AvgIpc) is 2.45. The minimum Gasteiger partial charge on any atom is -0.337 e. The highest BCUT2D eigenvalue weighted by Gasteiger charge is 2.33. The van der Waals surface area contributed by atoms with Gasteiger partial charge in [-0.1, -0.05) is 0 Å². The number of hydrogen-bond donors (Lipinski definition) is 1. The van der Waals surface area contributed by atoms with Crippen molar-refractivity contribution in [3.63, 3.8) is 0 Å². The zero-order valence-electron chi connectivity index (χ0n) is 11.5. The predicted octanol–water partition coefficient (Wildman–Crippen LogP) is 2.67. The molecule has 1 heterocycles. The zero-order valence-corrected chi connectivity index (χ0v) is 11.5. The molecule has 1 amide bonds. The summed E-state index contributed by atoms with van der Waals surface area (Å²) >= 11 is 0. The lowest BCUT2D eigenvalue weighted by Gasteiger charge is -2.32. The molecule has 0 saturated carbocycles. The van der Waals surface area contributed by atoms with Crippen LogP contribution in [0.15, 0.2) is 18.2 Å². The van der Waals surface area contributed by atoms with Gasteiger partial charge in [0.25, 0.3) is 5.91 Å². The summed E-state index contributed by atoms with van der Waals surface area (Å²) < 4.78 is 51.4. The molecule has 0 aromatic heterocycles. The molecule has 1 aromatic rings. The number of nitrogens with zero attached hydrogens (tertiary/aromatic N) is 1. The van der Waals surface area contributed by atoms with Crippen molar-refractivity contribution in [3.05, 3.63) is 35.1 Å². The van der Waals surface area contributed by atoms with E-state index in [1.54, 1.807) is 7.05 Å². The van der Waals surface area contributed by atoms with E-state index in [9.17, 15) is 22.4 Å². The van der Waals surface area contributed by atoms with Crippen LogP contribution in [-0.4, -0.2) is 37.0 Å². The van der Waals surface area contributed by atoms with Crippen molar-refractivity contribution in [2.75, 3.05) is 20.1 Å². The van der Waals surface area contributed by atoms with Gasteiger partial charge in [0.1, 0.15) is 5.82 Å². The number of carbonyl (C=O) groups is 1. The maximum atomic E-state index is 13.3. The molecule has 7 heteroatoms. The number of piperidine rings is 1. The van der Waals surface area contributed by atoms with Crippen molar-refractivity contribution in [2.24, 2.45) is 0 Å². The minimum atomic E-state index is -4.67. The highest BCUT2D eigenvalue weighted by atomic mass is 19.4. The molecule has 116 valence electrons. The summed E-state index contributed by atoms with van der Waals surface area (Å²) in [6.45, 7) is 0.877. The molecule has 0 bridgehead atoms. The van der Waals surface area contributed by atoms with Crippen molar-refractivity contribution in [1.29, 1.82) is 0 Å². The second-order valence-corrected chi connectivity index (χ2v) is 5.11. The Morgan fingerprint density at radius 1 is 1.33 bits per heavy atom. The lowest BCUT2D eigenvalue weighted by Crippen LogP contribution is -2.47. The highest BCUT2D eigenvalue weighted by molar-refractivity contribution is 5.94. The molecule has 1 atom stereocenters. The van der Waals surface area contributed by atoms with Gasteiger partial charge in [-0.2, -0.15) is 13.2 Å². The van der Waals surface area contributed by atoms with Gasteiger partial charge in [0.2, 0.25) is 0 Å². The summed E-state index contributed by atoms with van der Waals surface area (Å²) in [5.74, 6) is -1.63. The van der Waals surface area contributed by atoms with Gasteiger partial charge in [-0.15, -0.1) is 0 Å². The van der Waals surface area contributed by atoms with Crippen LogP contribution in [0.5, 0.6) is 0 Å². The molecule has 1 aliphatic rings. The second kappa shape index (κ2) is 6.01. The van der Waals surface area contributed by atoms with E-state index in [2.05, 4.69) is 5.32 Å². The van der Waals surface area contributed by atoms with Crippen LogP contribution in [0, 0.1) is 5.82 Å². The fraction of sp³-hybridized carbons (Fsp3) is 0.500. The van der Waals surface area contributed by atoms with Gasteiger partial charge in [-0.05, 0) is 38.1 Å². The number of nitrogens with one attached hydrogen (secondary N) is 1. The summed E-state index contributed by atoms with van der Waals surface area (Å²) in [5.41, 5.74) is -1.41. The van der Waals surface area contributed by atoms with E-state index in [-0.39, 0.29) is 11.6 Å². The van der Waals surface area contributed by atoms with Gasteiger partial charge in [0.15, 0.2) is 0 Å². The molecule has 1 saturated heterocycles. The quantitative estimate of drug-likeness (QED) is 0.852. The fourth-order valence-corrected chi connectivity index (χ4v) is 2.46. The van der Waals surface area contributed by atoms with Gasteiger partial charge in [-0.25, -0.2) is 4.39 Å².